The molecule has 0 heterocycles. The summed E-state index contributed by atoms with van der Waals surface area (Å²) in [6, 6.07) is 3.93. The number of nitrogen functional groups attached to an aromatic ring is 2. The van der Waals surface area contributed by atoms with Crippen molar-refractivity contribution in [1.29, 1.82) is 0 Å². The molecule has 0 spiro atoms. The highest BCUT2D eigenvalue weighted by Crippen LogP contribution is 2.36. The van der Waals surface area contributed by atoms with Gasteiger partial charge in [-0.25, -0.2) is 0 Å². The largest absolute Gasteiger partial charge is 0.397 e. The Kier molecular flexibility index (Phi) is 3.03. The number of fused-ring (bicyclic) bond motifs is 1. The number of anilines is 2. The van der Waals surface area contributed by atoms with Crippen molar-refractivity contribution in [3.63, 3.8) is 0 Å². The van der Waals surface area contributed by atoms with Gasteiger partial charge >= 0.3 is 0 Å². The van der Waals surface area contributed by atoms with Crippen LogP contribution >= 0.6 is 0 Å². The lowest BCUT2D eigenvalue weighted by atomic mass is 10.00. The fraction of sp³-hybridized carbons (Fsp3) is 0.500. The molecule has 0 radical (unpaired) electrons. The summed E-state index contributed by atoms with van der Waals surface area (Å²) in [7, 11) is 0. The van der Waals surface area contributed by atoms with Crippen LogP contribution in [0.25, 0.3) is 0 Å². The van der Waals surface area contributed by atoms with Gasteiger partial charge in [0.15, 0.2) is 0 Å². The van der Waals surface area contributed by atoms with Crippen LogP contribution in [0.5, 0.6) is 0 Å². The zero-order valence-electron chi connectivity index (χ0n) is 9.61. The Hall–Kier alpha value is -1.26. The maximum Gasteiger partial charge on any atom is 0.0550 e. The molecule has 0 fully saturated rings. The predicted molar refractivity (Wildman–Crippen MR) is 65.4 cm³/mol. The standard InChI is InChI=1S/C12H19N3O/c1-2-15(16)7-9-4-3-8-5-11(13)12(14)6-10(8)9/h5-6,9,16H,2-4,7,13-14H2,1H3. The molecule has 0 bridgehead atoms. The van der Waals surface area contributed by atoms with E-state index in [2.05, 4.69) is 0 Å². The first-order valence-electron chi connectivity index (χ1n) is 5.73. The molecule has 0 aromatic heterocycles. The lowest BCUT2D eigenvalue weighted by Crippen LogP contribution is -2.24. The molecule has 1 unspecified atom stereocenters. The van der Waals surface area contributed by atoms with Gasteiger partial charge in [-0.3, -0.25) is 0 Å². The Balaban J connectivity index is 2.22. The van der Waals surface area contributed by atoms with Gasteiger partial charge in [-0.1, -0.05) is 6.92 Å². The van der Waals surface area contributed by atoms with E-state index in [4.69, 9.17) is 11.5 Å². The molecule has 1 aliphatic carbocycles. The third-order valence-electron chi connectivity index (χ3n) is 3.34. The van der Waals surface area contributed by atoms with Gasteiger partial charge in [-0.2, -0.15) is 5.06 Å². The SMILES string of the molecule is CCN(O)CC1CCc2cc(N)c(N)cc21. The van der Waals surface area contributed by atoms with Crippen LogP contribution in [-0.2, 0) is 6.42 Å². The molecule has 1 aromatic carbocycles. The maximum absolute atomic E-state index is 9.55. The number of hydrogen-bond donors (Lipinski definition) is 3. The van der Waals surface area contributed by atoms with Crippen LogP contribution in [0.15, 0.2) is 12.1 Å². The molecule has 0 saturated heterocycles. The zero-order valence-corrected chi connectivity index (χ0v) is 9.61. The van der Waals surface area contributed by atoms with Gasteiger partial charge < -0.3 is 16.7 Å². The van der Waals surface area contributed by atoms with Crippen LogP contribution in [0, 0.1) is 0 Å². The highest BCUT2D eigenvalue weighted by atomic mass is 16.5. The second-order valence-electron chi connectivity index (χ2n) is 4.42. The average molecular weight is 221 g/mol. The fourth-order valence-corrected chi connectivity index (χ4v) is 2.35. The first-order chi connectivity index (χ1) is 7.61. The van der Waals surface area contributed by atoms with Crippen molar-refractivity contribution in [2.75, 3.05) is 24.6 Å². The lowest BCUT2D eigenvalue weighted by Gasteiger charge is -2.18. The molecule has 2 rings (SSSR count). The molecule has 88 valence electrons. The Morgan fingerprint density at radius 1 is 1.38 bits per heavy atom. The summed E-state index contributed by atoms with van der Waals surface area (Å²) in [6.07, 6.45) is 2.09. The number of benzene rings is 1. The highest BCUT2D eigenvalue weighted by Gasteiger charge is 2.24. The Morgan fingerprint density at radius 3 is 2.75 bits per heavy atom. The Morgan fingerprint density at radius 2 is 2.06 bits per heavy atom. The molecule has 0 aliphatic heterocycles. The Bertz CT molecular complexity index is 392. The Labute approximate surface area is 95.8 Å². The van der Waals surface area contributed by atoms with Crippen LogP contribution in [0.1, 0.15) is 30.4 Å². The number of hydroxylamine groups is 2. The van der Waals surface area contributed by atoms with Gasteiger partial charge in [0.05, 0.1) is 11.4 Å². The minimum Gasteiger partial charge on any atom is -0.397 e. The molecular weight excluding hydrogens is 202 g/mol. The summed E-state index contributed by atoms with van der Waals surface area (Å²) in [4.78, 5) is 0. The normalized spacial score (nSPS) is 19.1. The zero-order chi connectivity index (χ0) is 11.7. The van der Waals surface area contributed by atoms with Gasteiger partial charge in [0.1, 0.15) is 0 Å². The summed E-state index contributed by atoms with van der Waals surface area (Å²) < 4.78 is 0. The smallest absolute Gasteiger partial charge is 0.0550 e. The summed E-state index contributed by atoms with van der Waals surface area (Å²) in [5.74, 6) is 0.378. The monoisotopic (exact) mass is 221 g/mol. The van der Waals surface area contributed by atoms with Crippen LogP contribution in [0.3, 0.4) is 0 Å². The van der Waals surface area contributed by atoms with E-state index in [-0.39, 0.29) is 0 Å². The van der Waals surface area contributed by atoms with Crippen LogP contribution < -0.4 is 11.5 Å². The minimum absolute atomic E-state index is 0.378. The molecule has 16 heavy (non-hydrogen) atoms. The van der Waals surface area contributed by atoms with E-state index in [1.54, 1.807) is 0 Å². The quantitative estimate of drug-likeness (QED) is 0.535. The second kappa shape index (κ2) is 4.31. The van der Waals surface area contributed by atoms with Crippen LogP contribution in [0.4, 0.5) is 11.4 Å². The topological polar surface area (TPSA) is 75.5 Å². The number of nitrogens with zero attached hydrogens (tertiary/aromatic N) is 1. The average Bonchev–Trinajstić information content (AvgIpc) is 2.62. The lowest BCUT2D eigenvalue weighted by molar-refractivity contribution is -0.0903. The van der Waals surface area contributed by atoms with Crippen LogP contribution in [-0.4, -0.2) is 23.4 Å². The number of rotatable bonds is 3. The molecule has 4 heteroatoms. The molecule has 1 atom stereocenters. The number of aryl methyl sites for hydroxylation is 1. The third kappa shape index (κ3) is 1.99. The van der Waals surface area contributed by atoms with Crippen molar-refractivity contribution in [3.05, 3.63) is 23.3 Å². The second-order valence-corrected chi connectivity index (χ2v) is 4.42. The highest BCUT2D eigenvalue weighted by molar-refractivity contribution is 5.67. The minimum atomic E-state index is 0.378. The molecule has 0 amide bonds. The van der Waals surface area contributed by atoms with Crippen molar-refractivity contribution < 1.29 is 5.21 Å². The summed E-state index contributed by atoms with van der Waals surface area (Å²) >= 11 is 0. The van der Waals surface area contributed by atoms with Gasteiger partial charge in [0.2, 0.25) is 0 Å². The number of hydrogen-bond acceptors (Lipinski definition) is 4. The van der Waals surface area contributed by atoms with Crippen molar-refractivity contribution >= 4 is 11.4 Å². The van der Waals surface area contributed by atoms with Crippen molar-refractivity contribution in [2.24, 2.45) is 0 Å². The van der Waals surface area contributed by atoms with Gasteiger partial charge in [0, 0.05) is 13.1 Å². The van der Waals surface area contributed by atoms with E-state index in [9.17, 15) is 5.21 Å². The molecule has 1 aliphatic rings. The van der Waals surface area contributed by atoms with Crippen LogP contribution in [0.2, 0.25) is 0 Å². The number of nitrogens with two attached hydrogens (primary N) is 2. The van der Waals surface area contributed by atoms with E-state index in [1.807, 2.05) is 19.1 Å². The molecule has 4 nitrogen and oxygen atoms in total. The van der Waals surface area contributed by atoms with Gasteiger partial charge in [-0.15, -0.1) is 0 Å². The van der Waals surface area contributed by atoms with E-state index in [0.717, 1.165) is 12.8 Å². The summed E-state index contributed by atoms with van der Waals surface area (Å²) in [5, 5.41) is 10.9. The van der Waals surface area contributed by atoms with Crippen molar-refractivity contribution in [3.8, 4) is 0 Å². The first kappa shape index (κ1) is 11.2. The van der Waals surface area contributed by atoms with Crippen molar-refractivity contribution in [1.82, 2.24) is 5.06 Å². The van der Waals surface area contributed by atoms with Gasteiger partial charge in [-0.05, 0) is 42.0 Å². The maximum atomic E-state index is 9.55. The fourth-order valence-electron chi connectivity index (χ4n) is 2.35. The van der Waals surface area contributed by atoms with E-state index in [0.29, 0.717) is 30.4 Å². The predicted octanol–water partition coefficient (Wildman–Crippen LogP) is 1.59. The van der Waals surface area contributed by atoms with Crippen molar-refractivity contribution in [2.45, 2.75) is 25.7 Å². The molecule has 1 aromatic rings. The van der Waals surface area contributed by atoms with E-state index < -0.39 is 0 Å². The molecule has 0 saturated carbocycles. The summed E-state index contributed by atoms with van der Waals surface area (Å²) in [6.45, 7) is 3.26. The molecule has 5 N–H and O–H groups in total. The third-order valence-corrected chi connectivity index (χ3v) is 3.34. The van der Waals surface area contributed by atoms with Gasteiger partial charge in [0.25, 0.3) is 0 Å². The first-order valence-corrected chi connectivity index (χ1v) is 5.73. The summed E-state index contributed by atoms with van der Waals surface area (Å²) in [5.41, 5.74) is 15.4. The molecular formula is C12H19N3O. The van der Waals surface area contributed by atoms with E-state index >= 15 is 0 Å². The number of likely N-dealkylation sites (N-methyl/N-ethyl adjacent to an activating group) is 1. The van der Waals surface area contributed by atoms with E-state index in [1.165, 1.54) is 16.2 Å².